The lowest BCUT2D eigenvalue weighted by Gasteiger charge is -2.18. The van der Waals surface area contributed by atoms with E-state index in [1.54, 1.807) is 6.07 Å². The second-order valence-electron chi connectivity index (χ2n) is 4.09. The highest BCUT2D eigenvalue weighted by Crippen LogP contribution is 2.28. The van der Waals surface area contributed by atoms with Crippen LogP contribution in [0.5, 0.6) is 0 Å². The maximum atomic E-state index is 12.3. The molecule has 0 aliphatic carbocycles. The van der Waals surface area contributed by atoms with Crippen LogP contribution < -0.4 is 4.72 Å². The topological polar surface area (TPSA) is 80.3 Å². The zero-order valence-electron chi connectivity index (χ0n) is 10.3. The second-order valence-corrected chi connectivity index (χ2v) is 8.48. The molecule has 0 bridgehead atoms. The molecule has 1 unspecified atom stereocenters. The number of alkyl halides is 3. The Balaban J connectivity index is 3.13. The minimum atomic E-state index is -4.92. The molecule has 1 aromatic rings. The molecule has 0 spiro atoms. The molecule has 0 amide bonds. The average molecular weight is 331 g/mol. The summed E-state index contributed by atoms with van der Waals surface area (Å²) in [6.45, 7) is 0. The molecular weight excluding hydrogens is 319 g/mol. The van der Waals surface area contributed by atoms with Crippen LogP contribution in [0, 0.1) is 0 Å². The van der Waals surface area contributed by atoms with E-state index in [1.807, 2.05) is 4.72 Å². The van der Waals surface area contributed by atoms with Crippen LogP contribution in [0.15, 0.2) is 30.3 Å². The van der Waals surface area contributed by atoms with Gasteiger partial charge in [-0.2, -0.15) is 13.2 Å². The van der Waals surface area contributed by atoms with E-state index in [2.05, 4.69) is 0 Å². The molecule has 0 saturated carbocycles. The van der Waals surface area contributed by atoms with Gasteiger partial charge < -0.3 is 0 Å². The lowest BCUT2D eigenvalue weighted by molar-refractivity contribution is -0.131. The summed E-state index contributed by atoms with van der Waals surface area (Å²) in [6, 6.07) is 7.07. The normalized spacial score (nSPS) is 14.8. The van der Waals surface area contributed by atoms with Crippen LogP contribution in [0.2, 0.25) is 0 Å². The molecule has 1 rings (SSSR count). The Morgan fingerprint density at radius 3 is 2.00 bits per heavy atom. The van der Waals surface area contributed by atoms with Crippen molar-refractivity contribution in [3.05, 3.63) is 30.3 Å². The van der Waals surface area contributed by atoms with Crippen LogP contribution in [0.25, 0.3) is 0 Å². The van der Waals surface area contributed by atoms with Crippen molar-refractivity contribution in [2.45, 2.75) is 17.2 Å². The van der Waals surface area contributed by atoms with E-state index < -0.39 is 37.0 Å². The molecule has 0 aliphatic rings. The molecule has 0 fully saturated rings. The van der Waals surface area contributed by atoms with Crippen molar-refractivity contribution in [1.82, 2.24) is 0 Å². The molecule has 20 heavy (non-hydrogen) atoms. The number of nitrogens with one attached hydrogen (secondary N) is 1. The predicted octanol–water partition coefficient (Wildman–Crippen LogP) is 1.75. The lowest BCUT2D eigenvalue weighted by atomic mass is 10.3. The van der Waals surface area contributed by atoms with Gasteiger partial charge >= 0.3 is 6.18 Å². The first-order valence-corrected chi connectivity index (χ1v) is 8.74. The van der Waals surface area contributed by atoms with Gasteiger partial charge in [0.05, 0.1) is 6.42 Å². The fourth-order valence-corrected chi connectivity index (χ4v) is 4.90. The molecule has 0 heterocycles. The van der Waals surface area contributed by atoms with E-state index in [-0.39, 0.29) is 5.69 Å². The summed E-state index contributed by atoms with van der Waals surface area (Å²) in [6.07, 6.45) is -6.43. The Hall–Kier alpha value is -1.29. The molecule has 1 atom stereocenters. The van der Waals surface area contributed by atoms with Gasteiger partial charge in [0.1, 0.15) is 0 Å². The van der Waals surface area contributed by atoms with Gasteiger partial charge in [-0.05, 0) is 12.1 Å². The zero-order chi connectivity index (χ0) is 15.6. The van der Waals surface area contributed by atoms with E-state index >= 15 is 0 Å². The Bertz CT molecular complexity index is 653. The monoisotopic (exact) mass is 331 g/mol. The van der Waals surface area contributed by atoms with Gasteiger partial charge in [0, 0.05) is 11.9 Å². The fraction of sp³-hybridized carbons (Fsp3) is 0.400. The molecule has 0 aromatic heterocycles. The number of anilines is 1. The summed E-state index contributed by atoms with van der Waals surface area (Å²) in [4.78, 5) is 0. The molecule has 0 saturated heterocycles. The number of para-hydroxylation sites is 1. The van der Waals surface area contributed by atoms with Crippen LogP contribution in [0.4, 0.5) is 18.9 Å². The van der Waals surface area contributed by atoms with Crippen LogP contribution >= 0.6 is 0 Å². The predicted molar refractivity (Wildman–Crippen MR) is 68.3 cm³/mol. The zero-order valence-corrected chi connectivity index (χ0v) is 11.9. The van der Waals surface area contributed by atoms with E-state index in [9.17, 15) is 30.0 Å². The maximum absolute atomic E-state index is 12.3. The maximum Gasteiger partial charge on any atom is 0.391 e. The summed E-state index contributed by atoms with van der Waals surface area (Å²) in [7, 11) is -9.17. The Kier molecular flexibility index (Phi) is 4.70. The number of halogens is 3. The molecule has 0 aliphatic heterocycles. The number of rotatable bonds is 5. The highest BCUT2D eigenvalue weighted by Gasteiger charge is 2.44. The van der Waals surface area contributed by atoms with Gasteiger partial charge in [-0.15, -0.1) is 0 Å². The Labute approximate surface area is 114 Å². The quantitative estimate of drug-likeness (QED) is 0.891. The van der Waals surface area contributed by atoms with Crippen LogP contribution in [-0.2, 0) is 19.9 Å². The van der Waals surface area contributed by atoms with E-state index in [0.29, 0.717) is 6.26 Å². The lowest BCUT2D eigenvalue weighted by Crippen LogP contribution is -2.38. The third-order valence-electron chi connectivity index (χ3n) is 2.26. The summed E-state index contributed by atoms with van der Waals surface area (Å²) in [5, 5.41) is 0. The van der Waals surface area contributed by atoms with Gasteiger partial charge in [0.25, 0.3) is 0 Å². The number of hydrogen-bond donors (Lipinski definition) is 1. The van der Waals surface area contributed by atoms with Gasteiger partial charge in [-0.1, -0.05) is 18.2 Å². The molecule has 0 radical (unpaired) electrons. The molecule has 1 N–H and O–H groups in total. The van der Waals surface area contributed by atoms with Crippen LogP contribution in [0.1, 0.15) is 6.42 Å². The van der Waals surface area contributed by atoms with Gasteiger partial charge in [-0.3, -0.25) is 4.72 Å². The van der Waals surface area contributed by atoms with Crippen molar-refractivity contribution in [2.24, 2.45) is 0 Å². The minimum absolute atomic E-state index is 0.0108. The minimum Gasteiger partial charge on any atom is -0.282 e. The number of sulfonamides is 1. The summed E-state index contributed by atoms with van der Waals surface area (Å²) in [5.74, 6) is 0. The van der Waals surface area contributed by atoms with Crippen molar-refractivity contribution in [3.8, 4) is 0 Å². The van der Waals surface area contributed by atoms with Crippen molar-refractivity contribution in [1.29, 1.82) is 0 Å². The molecular formula is C10H12F3NO4S2. The summed E-state index contributed by atoms with van der Waals surface area (Å²) >= 11 is 0. The number of hydrogen-bond acceptors (Lipinski definition) is 4. The van der Waals surface area contributed by atoms with Crippen molar-refractivity contribution in [2.75, 3.05) is 11.0 Å². The van der Waals surface area contributed by atoms with Gasteiger partial charge in [-0.25, -0.2) is 16.8 Å². The molecule has 114 valence electrons. The Morgan fingerprint density at radius 1 is 1.10 bits per heavy atom. The molecule has 1 aromatic carbocycles. The highest BCUT2D eigenvalue weighted by molar-refractivity contribution is 8.09. The number of sulfone groups is 1. The van der Waals surface area contributed by atoms with E-state index in [1.165, 1.54) is 24.3 Å². The Morgan fingerprint density at radius 2 is 1.60 bits per heavy atom. The van der Waals surface area contributed by atoms with Gasteiger partial charge in [0.2, 0.25) is 10.0 Å². The first kappa shape index (κ1) is 16.8. The van der Waals surface area contributed by atoms with Crippen molar-refractivity contribution < 1.29 is 30.0 Å². The van der Waals surface area contributed by atoms with Crippen molar-refractivity contribution >= 4 is 25.5 Å². The average Bonchev–Trinajstić information content (AvgIpc) is 2.24. The largest absolute Gasteiger partial charge is 0.391 e. The fourth-order valence-electron chi connectivity index (χ4n) is 1.42. The van der Waals surface area contributed by atoms with E-state index in [4.69, 9.17) is 0 Å². The van der Waals surface area contributed by atoms with Crippen LogP contribution in [0.3, 0.4) is 0 Å². The standard InChI is InChI=1S/C10H12F3NO4S2/c1-19(15,16)9(7-10(11,12)13)20(17,18)14-8-5-3-2-4-6-8/h2-6,9,14H,7H2,1H3. The number of benzene rings is 1. The third-order valence-corrected chi connectivity index (χ3v) is 6.57. The SMILES string of the molecule is CS(=O)(=O)C(CC(F)(F)F)S(=O)(=O)Nc1ccccc1. The smallest absolute Gasteiger partial charge is 0.282 e. The summed E-state index contributed by atoms with van der Waals surface area (Å²) < 4.78 is 82.6. The first-order chi connectivity index (χ1) is 8.92. The highest BCUT2D eigenvalue weighted by atomic mass is 32.3. The molecule has 5 nitrogen and oxygen atoms in total. The first-order valence-electron chi connectivity index (χ1n) is 5.24. The van der Waals surface area contributed by atoms with Crippen molar-refractivity contribution in [3.63, 3.8) is 0 Å². The third kappa shape index (κ3) is 5.00. The van der Waals surface area contributed by atoms with E-state index in [0.717, 1.165) is 0 Å². The van der Waals surface area contributed by atoms with Gasteiger partial charge in [0.15, 0.2) is 14.4 Å². The van der Waals surface area contributed by atoms with Crippen LogP contribution in [-0.4, -0.2) is 33.8 Å². The summed E-state index contributed by atoms with van der Waals surface area (Å²) in [5.41, 5.74) is -0.0108. The second kappa shape index (κ2) is 5.60. The molecule has 10 heteroatoms.